The maximum atomic E-state index is 6.18. The number of aromatic nitrogens is 1. The Morgan fingerprint density at radius 1 is 1.08 bits per heavy atom. The first-order valence-corrected chi connectivity index (χ1v) is 9.42. The zero-order valence-electron chi connectivity index (χ0n) is 15.4. The molecule has 1 N–H and O–H groups in total. The van der Waals surface area contributed by atoms with Gasteiger partial charge in [-0.1, -0.05) is 19.3 Å². The summed E-state index contributed by atoms with van der Waals surface area (Å²) < 4.78 is 6.18. The summed E-state index contributed by atoms with van der Waals surface area (Å²) in [6.45, 7) is 3.82. The van der Waals surface area contributed by atoms with Crippen LogP contribution < -0.4 is 15.0 Å². The molecule has 1 saturated carbocycles. The Hall–Kier alpha value is -2.23. The number of nitrogens with one attached hydrogen (secondary N) is 1. The highest BCUT2D eigenvalue weighted by Gasteiger charge is 2.15. The van der Waals surface area contributed by atoms with E-state index >= 15 is 0 Å². The summed E-state index contributed by atoms with van der Waals surface area (Å²) in [6, 6.07) is 10.4. The lowest BCUT2D eigenvalue weighted by molar-refractivity contribution is 0.209. The van der Waals surface area contributed by atoms with Crippen LogP contribution >= 0.6 is 0 Å². The van der Waals surface area contributed by atoms with Gasteiger partial charge in [0, 0.05) is 37.4 Å². The minimum absolute atomic E-state index is 0.711. The van der Waals surface area contributed by atoms with Gasteiger partial charge in [0.1, 0.15) is 5.75 Å². The highest BCUT2D eigenvalue weighted by Crippen LogP contribution is 2.33. The summed E-state index contributed by atoms with van der Waals surface area (Å²) in [5, 5.41) is 3.45. The van der Waals surface area contributed by atoms with Crippen molar-refractivity contribution >= 4 is 17.1 Å². The predicted octanol–water partition coefficient (Wildman–Crippen LogP) is 5.24. The zero-order chi connectivity index (χ0) is 17.5. The lowest BCUT2D eigenvalue weighted by atomic mass is 9.90. The number of hydrogen-bond donors (Lipinski definition) is 1. The number of rotatable bonds is 7. The molecular weight excluding hydrogens is 310 g/mol. The minimum Gasteiger partial charge on any atom is -0.491 e. The van der Waals surface area contributed by atoms with Crippen LogP contribution in [0, 0.1) is 5.92 Å². The van der Waals surface area contributed by atoms with Gasteiger partial charge in [0.25, 0.3) is 0 Å². The van der Waals surface area contributed by atoms with Gasteiger partial charge in [-0.25, -0.2) is 0 Å². The summed E-state index contributed by atoms with van der Waals surface area (Å²) in [7, 11) is 2.07. The zero-order valence-corrected chi connectivity index (χ0v) is 15.4. The Labute approximate surface area is 151 Å². The number of nitrogens with zero attached hydrogens (tertiary/aromatic N) is 2. The molecule has 0 bridgehead atoms. The first-order chi connectivity index (χ1) is 12.3. The van der Waals surface area contributed by atoms with E-state index in [2.05, 4.69) is 47.4 Å². The van der Waals surface area contributed by atoms with E-state index in [0.717, 1.165) is 36.0 Å². The van der Waals surface area contributed by atoms with Gasteiger partial charge in [0.2, 0.25) is 0 Å². The van der Waals surface area contributed by atoms with Crippen LogP contribution in [0.15, 0.2) is 42.7 Å². The summed E-state index contributed by atoms with van der Waals surface area (Å²) in [6.07, 6.45) is 10.3. The monoisotopic (exact) mass is 339 g/mol. The predicted molar refractivity (Wildman–Crippen MR) is 105 cm³/mol. The summed E-state index contributed by atoms with van der Waals surface area (Å²) in [5.41, 5.74) is 3.32. The van der Waals surface area contributed by atoms with Crippen molar-refractivity contribution < 1.29 is 4.74 Å². The molecule has 0 radical (unpaired) electrons. The van der Waals surface area contributed by atoms with Crippen LogP contribution in [0.1, 0.15) is 39.0 Å². The smallest absolute Gasteiger partial charge is 0.142 e. The fraction of sp³-hybridized carbons (Fsp3) is 0.476. The van der Waals surface area contributed by atoms with E-state index in [1.165, 1.54) is 32.1 Å². The fourth-order valence-electron chi connectivity index (χ4n) is 3.46. The first-order valence-electron chi connectivity index (χ1n) is 9.42. The fourth-order valence-corrected chi connectivity index (χ4v) is 3.46. The number of ether oxygens (including phenoxy) is 1. The largest absolute Gasteiger partial charge is 0.491 e. The lowest BCUT2D eigenvalue weighted by Gasteiger charge is -2.24. The van der Waals surface area contributed by atoms with Crippen LogP contribution in [0.2, 0.25) is 0 Å². The van der Waals surface area contributed by atoms with Crippen LogP contribution in [0.4, 0.5) is 17.1 Å². The molecular formula is C21H29N3O. The molecule has 4 heteroatoms. The van der Waals surface area contributed by atoms with Crippen LogP contribution in [-0.4, -0.2) is 25.2 Å². The van der Waals surface area contributed by atoms with Crippen molar-refractivity contribution in [3.63, 3.8) is 0 Å². The maximum Gasteiger partial charge on any atom is 0.142 e. The van der Waals surface area contributed by atoms with Gasteiger partial charge >= 0.3 is 0 Å². The van der Waals surface area contributed by atoms with Gasteiger partial charge in [-0.15, -0.1) is 0 Å². The van der Waals surface area contributed by atoms with E-state index in [4.69, 9.17) is 4.74 Å². The van der Waals surface area contributed by atoms with E-state index in [9.17, 15) is 0 Å². The number of benzene rings is 1. The third-order valence-electron chi connectivity index (χ3n) is 4.97. The molecule has 0 atom stereocenters. The number of anilines is 3. The van der Waals surface area contributed by atoms with E-state index in [0.29, 0.717) is 5.92 Å². The average Bonchev–Trinajstić information content (AvgIpc) is 2.68. The van der Waals surface area contributed by atoms with Crippen molar-refractivity contribution in [1.82, 2.24) is 4.98 Å². The third kappa shape index (κ3) is 4.65. The van der Waals surface area contributed by atoms with Crippen molar-refractivity contribution in [3.05, 3.63) is 42.7 Å². The first kappa shape index (κ1) is 17.6. The topological polar surface area (TPSA) is 37.4 Å². The minimum atomic E-state index is 0.711. The molecule has 1 aromatic carbocycles. The van der Waals surface area contributed by atoms with Crippen LogP contribution in [0.5, 0.6) is 5.75 Å². The second kappa shape index (κ2) is 8.75. The molecule has 134 valence electrons. The molecule has 1 aliphatic carbocycles. The summed E-state index contributed by atoms with van der Waals surface area (Å²) in [5.74, 6) is 1.67. The molecule has 0 spiro atoms. The molecule has 1 heterocycles. The molecule has 0 saturated heterocycles. The standard InChI is InChI=1S/C21H29N3O/c1-3-23-20-15-19(24(2)18-11-13-22-14-12-18)9-10-21(20)25-16-17-7-5-4-6-8-17/h9-15,17,23H,3-8,16H2,1-2H3. The molecule has 2 aromatic rings. The number of pyridine rings is 1. The average molecular weight is 339 g/mol. The Kier molecular flexibility index (Phi) is 6.15. The van der Waals surface area contributed by atoms with Crippen molar-refractivity contribution in [1.29, 1.82) is 0 Å². The SMILES string of the molecule is CCNc1cc(N(C)c2ccncc2)ccc1OCC1CCCCC1. The van der Waals surface area contributed by atoms with Gasteiger partial charge in [-0.3, -0.25) is 4.98 Å². The normalized spacial score (nSPS) is 15.0. The Bertz CT molecular complexity index is 653. The number of hydrogen-bond acceptors (Lipinski definition) is 4. The molecule has 4 nitrogen and oxygen atoms in total. The quantitative estimate of drug-likeness (QED) is 0.748. The highest BCUT2D eigenvalue weighted by atomic mass is 16.5. The maximum absolute atomic E-state index is 6.18. The van der Waals surface area contributed by atoms with E-state index in [-0.39, 0.29) is 0 Å². The molecule has 3 rings (SSSR count). The van der Waals surface area contributed by atoms with Gasteiger partial charge < -0.3 is 15.0 Å². The van der Waals surface area contributed by atoms with Gasteiger partial charge in [0.05, 0.1) is 12.3 Å². The van der Waals surface area contributed by atoms with Gasteiger partial charge in [-0.2, -0.15) is 0 Å². The molecule has 1 aliphatic rings. The second-order valence-electron chi connectivity index (χ2n) is 6.79. The van der Waals surface area contributed by atoms with Gasteiger partial charge in [-0.05, 0) is 56.0 Å². The van der Waals surface area contributed by atoms with E-state index in [1.54, 1.807) is 0 Å². The van der Waals surface area contributed by atoms with Crippen LogP contribution in [0.3, 0.4) is 0 Å². The van der Waals surface area contributed by atoms with Crippen molar-refractivity contribution in [2.75, 3.05) is 30.4 Å². The Morgan fingerprint density at radius 2 is 1.84 bits per heavy atom. The van der Waals surface area contributed by atoms with Crippen LogP contribution in [0.25, 0.3) is 0 Å². The molecule has 0 amide bonds. The molecule has 1 fully saturated rings. The highest BCUT2D eigenvalue weighted by molar-refractivity contribution is 5.70. The summed E-state index contributed by atoms with van der Waals surface area (Å²) in [4.78, 5) is 6.25. The van der Waals surface area contributed by atoms with E-state index in [1.807, 2.05) is 24.5 Å². The molecule has 0 unspecified atom stereocenters. The van der Waals surface area contributed by atoms with Crippen molar-refractivity contribution in [3.8, 4) is 5.75 Å². The third-order valence-corrected chi connectivity index (χ3v) is 4.97. The second-order valence-corrected chi connectivity index (χ2v) is 6.79. The molecule has 1 aromatic heterocycles. The Morgan fingerprint density at radius 3 is 2.56 bits per heavy atom. The Balaban J connectivity index is 1.73. The van der Waals surface area contributed by atoms with Gasteiger partial charge in [0.15, 0.2) is 0 Å². The van der Waals surface area contributed by atoms with Crippen molar-refractivity contribution in [2.45, 2.75) is 39.0 Å². The van der Waals surface area contributed by atoms with Crippen molar-refractivity contribution in [2.24, 2.45) is 5.92 Å². The molecule has 25 heavy (non-hydrogen) atoms. The van der Waals surface area contributed by atoms with E-state index < -0.39 is 0 Å². The lowest BCUT2D eigenvalue weighted by Crippen LogP contribution is -2.16. The summed E-state index contributed by atoms with van der Waals surface area (Å²) >= 11 is 0. The van der Waals surface area contributed by atoms with Crippen LogP contribution in [-0.2, 0) is 0 Å². The molecule has 0 aliphatic heterocycles.